The lowest BCUT2D eigenvalue weighted by molar-refractivity contribution is -0.137. The molecule has 8 heteroatoms. The molecule has 29 heavy (non-hydrogen) atoms. The van der Waals surface area contributed by atoms with Gasteiger partial charge in [0.15, 0.2) is 0 Å². The number of benzene rings is 1. The standard InChI is InChI=1S/C21H30F4N2O2/c1-3-4-18(27-19-7-8-29-13-14(19)2)5-6-20(28)26-12-15-9-16(21(23,24)25)11-17(22)10-15/h9-11,14,18-19,27H,3-8,12-13H2,1-2H3,(H,26,28). The van der Waals surface area contributed by atoms with Crippen LogP contribution < -0.4 is 10.6 Å². The minimum atomic E-state index is -4.62. The fourth-order valence-electron chi connectivity index (χ4n) is 3.60. The van der Waals surface area contributed by atoms with Gasteiger partial charge in [0.05, 0.1) is 12.2 Å². The van der Waals surface area contributed by atoms with Crippen molar-refractivity contribution in [2.75, 3.05) is 13.2 Å². The van der Waals surface area contributed by atoms with E-state index in [2.05, 4.69) is 24.5 Å². The Hall–Kier alpha value is -1.67. The number of halogens is 4. The number of nitrogens with one attached hydrogen (secondary N) is 2. The monoisotopic (exact) mass is 418 g/mol. The molecule has 0 spiro atoms. The summed E-state index contributed by atoms with van der Waals surface area (Å²) < 4.78 is 57.2. The van der Waals surface area contributed by atoms with Crippen LogP contribution in [0.5, 0.6) is 0 Å². The highest BCUT2D eigenvalue weighted by Crippen LogP contribution is 2.30. The molecule has 0 saturated carbocycles. The Kier molecular flexibility index (Phi) is 8.89. The second kappa shape index (κ2) is 10.9. The van der Waals surface area contributed by atoms with Crippen molar-refractivity contribution in [3.05, 3.63) is 35.1 Å². The molecule has 0 bridgehead atoms. The second-order valence-corrected chi connectivity index (χ2v) is 7.76. The third-order valence-electron chi connectivity index (χ3n) is 5.22. The molecule has 2 N–H and O–H groups in total. The first kappa shape index (κ1) is 23.6. The summed E-state index contributed by atoms with van der Waals surface area (Å²) in [6.07, 6.45) is -0.857. The predicted molar refractivity (Wildman–Crippen MR) is 103 cm³/mol. The Balaban J connectivity index is 1.84. The zero-order chi connectivity index (χ0) is 21.4. The van der Waals surface area contributed by atoms with Gasteiger partial charge in [0.25, 0.3) is 0 Å². The third-order valence-corrected chi connectivity index (χ3v) is 5.22. The van der Waals surface area contributed by atoms with Crippen molar-refractivity contribution in [3.8, 4) is 0 Å². The molecule has 2 rings (SSSR count). The van der Waals surface area contributed by atoms with Crippen LogP contribution in [0.25, 0.3) is 0 Å². The van der Waals surface area contributed by atoms with Crippen LogP contribution in [-0.2, 0) is 22.3 Å². The molecule has 0 aromatic heterocycles. The van der Waals surface area contributed by atoms with Gasteiger partial charge in [0.1, 0.15) is 5.82 Å². The van der Waals surface area contributed by atoms with Gasteiger partial charge in [-0.2, -0.15) is 13.2 Å². The summed E-state index contributed by atoms with van der Waals surface area (Å²) in [6, 6.07) is 2.86. The minimum Gasteiger partial charge on any atom is -0.381 e. The first-order valence-electron chi connectivity index (χ1n) is 10.2. The molecule has 3 atom stereocenters. The van der Waals surface area contributed by atoms with Crippen LogP contribution in [0.4, 0.5) is 17.6 Å². The average molecular weight is 418 g/mol. The van der Waals surface area contributed by atoms with E-state index in [1.54, 1.807) is 0 Å². The van der Waals surface area contributed by atoms with Gasteiger partial charge >= 0.3 is 6.18 Å². The summed E-state index contributed by atoms with van der Waals surface area (Å²) in [5.41, 5.74) is -0.968. The van der Waals surface area contributed by atoms with E-state index in [1.165, 1.54) is 0 Å². The summed E-state index contributed by atoms with van der Waals surface area (Å²) in [5, 5.41) is 6.23. The number of hydrogen-bond donors (Lipinski definition) is 2. The molecule has 3 unspecified atom stereocenters. The van der Waals surface area contributed by atoms with Crippen molar-refractivity contribution in [1.29, 1.82) is 0 Å². The van der Waals surface area contributed by atoms with Crippen LogP contribution in [0.3, 0.4) is 0 Å². The smallest absolute Gasteiger partial charge is 0.381 e. The van der Waals surface area contributed by atoms with Gasteiger partial charge in [-0.1, -0.05) is 20.3 Å². The summed E-state index contributed by atoms with van der Waals surface area (Å²) in [4.78, 5) is 12.2. The van der Waals surface area contributed by atoms with E-state index >= 15 is 0 Å². The van der Waals surface area contributed by atoms with E-state index < -0.39 is 17.6 Å². The van der Waals surface area contributed by atoms with Crippen molar-refractivity contribution in [2.24, 2.45) is 5.92 Å². The molecule has 0 radical (unpaired) electrons. The van der Waals surface area contributed by atoms with Crippen molar-refractivity contribution < 1.29 is 27.1 Å². The second-order valence-electron chi connectivity index (χ2n) is 7.76. The lowest BCUT2D eigenvalue weighted by Gasteiger charge is -2.33. The Bertz CT molecular complexity index is 667. The fraction of sp³-hybridized carbons (Fsp3) is 0.667. The van der Waals surface area contributed by atoms with E-state index in [1.807, 2.05) is 0 Å². The van der Waals surface area contributed by atoms with Crippen molar-refractivity contribution in [1.82, 2.24) is 10.6 Å². The molecule has 1 aromatic carbocycles. The van der Waals surface area contributed by atoms with E-state index in [9.17, 15) is 22.4 Å². The van der Waals surface area contributed by atoms with Gasteiger partial charge in [-0.25, -0.2) is 4.39 Å². The van der Waals surface area contributed by atoms with Crippen LogP contribution in [0.2, 0.25) is 0 Å². The minimum absolute atomic E-state index is 0.0879. The van der Waals surface area contributed by atoms with E-state index in [0.29, 0.717) is 24.4 Å². The molecule has 1 aliphatic heterocycles. The molecular weight excluding hydrogens is 388 g/mol. The van der Waals surface area contributed by atoms with Crippen LogP contribution in [-0.4, -0.2) is 31.2 Å². The number of ether oxygens (including phenoxy) is 1. The zero-order valence-corrected chi connectivity index (χ0v) is 16.9. The molecular formula is C21H30F4N2O2. The Morgan fingerprint density at radius 2 is 2.03 bits per heavy atom. The number of hydrogen-bond acceptors (Lipinski definition) is 3. The number of amides is 1. The first-order chi connectivity index (χ1) is 13.7. The molecule has 1 saturated heterocycles. The molecule has 1 amide bonds. The Morgan fingerprint density at radius 3 is 2.69 bits per heavy atom. The van der Waals surface area contributed by atoms with E-state index in [0.717, 1.165) is 44.6 Å². The fourth-order valence-corrected chi connectivity index (χ4v) is 3.60. The molecule has 1 aliphatic rings. The third kappa shape index (κ3) is 7.93. The highest BCUT2D eigenvalue weighted by Gasteiger charge is 2.31. The van der Waals surface area contributed by atoms with Crippen molar-refractivity contribution in [3.63, 3.8) is 0 Å². The highest BCUT2D eigenvalue weighted by molar-refractivity contribution is 5.75. The Morgan fingerprint density at radius 1 is 1.28 bits per heavy atom. The Labute approximate surface area is 169 Å². The molecule has 4 nitrogen and oxygen atoms in total. The molecule has 1 heterocycles. The van der Waals surface area contributed by atoms with Gasteiger partial charge in [0, 0.05) is 31.7 Å². The van der Waals surface area contributed by atoms with E-state index in [-0.39, 0.29) is 30.5 Å². The van der Waals surface area contributed by atoms with Crippen LogP contribution in [0, 0.1) is 11.7 Å². The maximum absolute atomic E-state index is 13.4. The van der Waals surface area contributed by atoms with Crippen LogP contribution >= 0.6 is 0 Å². The summed E-state index contributed by atoms with van der Waals surface area (Å²) in [6.45, 7) is 5.55. The number of carbonyl (C=O) groups is 1. The number of carbonyl (C=O) groups excluding carboxylic acids is 1. The molecule has 1 fully saturated rings. The van der Waals surface area contributed by atoms with Gasteiger partial charge < -0.3 is 15.4 Å². The van der Waals surface area contributed by atoms with Crippen LogP contribution in [0.15, 0.2) is 18.2 Å². The van der Waals surface area contributed by atoms with Gasteiger partial charge in [-0.3, -0.25) is 4.79 Å². The van der Waals surface area contributed by atoms with Gasteiger partial charge in [-0.15, -0.1) is 0 Å². The molecule has 164 valence electrons. The van der Waals surface area contributed by atoms with Crippen molar-refractivity contribution >= 4 is 5.91 Å². The predicted octanol–water partition coefficient (Wildman–Crippen LogP) is 4.42. The van der Waals surface area contributed by atoms with Crippen LogP contribution in [0.1, 0.15) is 57.1 Å². The maximum atomic E-state index is 13.4. The largest absolute Gasteiger partial charge is 0.416 e. The van der Waals surface area contributed by atoms with Gasteiger partial charge in [0.2, 0.25) is 5.91 Å². The highest BCUT2D eigenvalue weighted by atomic mass is 19.4. The summed E-state index contributed by atoms with van der Waals surface area (Å²) in [7, 11) is 0. The summed E-state index contributed by atoms with van der Waals surface area (Å²) in [5.74, 6) is -0.819. The van der Waals surface area contributed by atoms with E-state index in [4.69, 9.17) is 4.74 Å². The quantitative estimate of drug-likeness (QED) is 0.584. The normalized spacial score (nSPS) is 21.0. The lowest BCUT2D eigenvalue weighted by atomic mass is 9.95. The number of alkyl halides is 3. The lowest BCUT2D eigenvalue weighted by Crippen LogP contribution is -2.46. The zero-order valence-electron chi connectivity index (χ0n) is 16.9. The molecule has 0 aliphatic carbocycles. The maximum Gasteiger partial charge on any atom is 0.416 e. The first-order valence-corrected chi connectivity index (χ1v) is 10.2. The van der Waals surface area contributed by atoms with Gasteiger partial charge in [-0.05, 0) is 48.9 Å². The average Bonchev–Trinajstić information content (AvgIpc) is 2.65. The topological polar surface area (TPSA) is 50.4 Å². The van der Waals surface area contributed by atoms with Crippen molar-refractivity contribution in [2.45, 2.75) is 70.8 Å². The summed E-state index contributed by atoms with van der Waals surface area (Å²) >= 11 is 0. The number of rotatable bonds is 9. The molecule has 1 aromatic rings. The SMILES string of the molecule is CCCC(CCC(=O)NCc1cc(F)cc(C(F)(F)F)c1)NC1CCOCC1C.